The lowest BCUT2D eigenvalue weighted by Gasteiger charge is -2.23. The Labute approximate surface area is 156 Å². The second-order valence-corrected chi connectivity index (χ2v) is 6.72. The Morgan fingerprint density at radius 2 is 1.81 bits per heavy atom. The van der Waals surface area contributed by atoms with E-state index < -0.39 is 0 Å². The molecule has 2 heterocycles. The number of ether oxygens (including phenoxy) is 2. The van der Waals surface area contributed by atoms with Crippen LogP contribution in [0.3, 0.4) is 0 Å². The monoisotopic (exact) mass is 355 g/mol. The molecule has 0 saturated carbocycles. The van der Waals surface area contributed by atoms with Crippen LogP contribution < -0.4 is 14.4 Å². The fraction of sp³-hybridized carbons (Fsp3) is 0.476. The molecular weight excluding hydrogens is 326 g/mol. The van der Waals surface area contributed by atoms with Gasteiger partial charge in [-0.2, -0.15) is 0 Å². The van der Waals surface area contributed by atoms with Gasteiger partial charge in [-0.3, -0.25) is 4.98 Å². The van der Waals surface area contributed by atoms with Gasteiger partial charge in [-0.25, -0.2) is 0 Å². The first kappa shape index (κ1) is 18.5. The van der Waals surface area contributed by atoms with E-state index in [0.29, 0.717) is 0 Å². The summed E-state index contributed by atoms with van der Waals surface area (Å²) in [5.74, 6) is 1.76. The normalized spacial score (nSPS) is 15.5. The van der Waals surface area contributed by atoms with Gasteiger partial charge in [0.25, 0.3) is 0 Å². The van der Waals surface area contributed by atoms with Crippen molar-refractivity contribution in [2.75, 3.05) is 51.3 Å². The summed E-state index contributed by atoms with van der Waals surface area (Å²) in [6.07, 6.45) is 4.14. The summed E-state index contributed by atoms with van der Waals surface area (Å²) < 4.78 is 11.0. The molecule has 0 radical (unpaired) electrons. The quantitative estimate of drug-likeness (QED) is 0.712. The number of rotatable bonds is 7. The molecule has 1 aromatic heterocycles. The Bertz CT molecular complexity index is 675. The van der Waals surface area contributed by atoms with E-state index in [1.54, 1.807) is 7.11 Å². The van der Waals surface area contributed by atoms with Crippen molar-refractivity contribution in [3.8, 4) is 11.5 Å². The molecule has 140 valence electrons. The summed E-state index contributed by atoms with van der Waals surface area (Å²) >= 11 is 0. The van der Waals surface area contributed by atoms with Crippen molar-refractivity contribution in [3.63, 3.8) is 0 Å². The average molecular weight is 355 g/mol. The molecule has 1 aliphatic rings. The first-order chi connectivity index (χ1) is 12.7. The fourth-order valence-corrected chi connectivity index (χ4v) is 3.33. The summed E-state index contributed by atoms with van der Waals surface area (Å²) in [4.78, 5) is 9.32. The highest BCUT2D eigenvalue weighted by Gasteiger charge is 2.15. The minimum atomic E-state index is 0.746. The Balaban J connectivity index is 1.39. The van der Waals surface area contributed by atoms with Crippen molar-refractivity contribution < 1.29 is 9.47 Å². The maximum absolute atomic E-state index is 5.83. The molecule has 0 bridgehead atoms. The molecule has 1 aliphatic heterocycles. The summed E-state index contributed by atoms with van der Waals surface area (Å²) in [5.41, 5.74) is 2.38. The van der Waals surface area contributed by atoms with Gasteiger partial charge >= 0.3 is 0 Å². The van der Waals surface area contributed by atoms with E-state index in [0.717, 1.165) is 62.9 Å². The van der Waals surface area contributed by atoms with Gasteiger partial charge in [-0.15, -0.1) is 0 Å². The summed E-state index contributed by atoms with van der Waals surface area (Å²) in [6, 6.07) is 12.1. The van der Waals surface area contributed by atoms with Crippen LogP contribution in [0.1, 0.15) is 18.5 Å². The van der Waals surface area contributed by atoms with Crippen molar-refractivity contribution in [1.29, 1.82) is 0 Å². The maximum Gasteiger partial charge on any atom is 0.119 e. The van der Waals surface area contributed by atoms with Crippen LogP contribution >= 0.6 is 0 Å². The highest BCUT2D eigenvalue weighted by molar-refractivity contribution is 5.46. The minimum absolute atomic E-state index is 0.746. The molecule has 5 heteroatoms. The molecule has 1 fully saturated rings. The number of anilines is 1. The van der Waals surface area contributed by atoms with Gasteiger partial charge < -0.3 is 19.3 Å². The van der Waals surface area contributed by atoms with Crippen molar-refractivity contribution in [3.05, 3.63) is 48.3 Å². The molecule has 2 aromatic rings. The van der Waals surface area contributed by atoms with Crippen LogP contribution in [-0.2, 0) is 0 Å². The smallest absolute Gasteiger partial charge is 0.119 e. The van der Waals surface area contributed by atoms with Gasteiger partial charge in [0.15, 0.2) is 0 Å². The SMILES string of the molecule is COc1ccc(OCCCN2CCCN(c3ccnc(C)c3)CC2)cc1. The minimum Gasteiger partial charge on any atom is -0.497 e. The number of hydrogen-bond donors (Lipinski definition) is 0. The summed E-state index contributed by atoms with van der Waals surface area (Å²) in [7, 11) is 1.67. The predicted molar refractivity (Wildman–Crippen MR) is 105 cm³/mol. The molecule has 3 rings (SSSR count). The van der Waals surface area contributed by atoms with E-state index in [4.69, 9.17) is 9.47 Å². The van der Waals surface area contributed by atoms with Crippen LogP contribution in [0.2, 0.25) is 0 Å². The highest BCUT2D eigenvalue weighted by atomic mass is 16.5. The Kier molecular flexibility index (Phi) is 6.72. The maximum atomic E-state index is 5.83. The second kappa shape index (κ2) is 9.43. The van der Waals surface area contributed by atoms with Crippen LogP contribution in [-0.4, -0.2) is 56.3 Å². The molecule has 0 atom stereocenters. The molecular formula is C21H29N3O2. The second-order valence-electron chi connectivity index (χ2n) is 6.72. The van der Waals surface area contributed by atoms with Crippen molar-refractivity contribution >= 4 is 5.69 Å². The summed E-state index contributed by atoms with van der Waals surface area (Å²) in [5, 5.41) is 0. The average Bonchev–Trinajstić information content (AvgIpc) is 2.91. The first-order valence-electron chi connectivity index (χ1n) is 9.41. The van der Waals surface area contributed by atoms with Gasteiger partial charge in [-0.1, -0.05) is 0 Å². The largest absolute Gasteiger partial charge is 0.497 e. The van der Waals surface area contributed by atoms with Crippen molar-refractivity contribution in [2.45, 2.75) is 19.8 Å². The predicted octanol–water partition coefficient (Wildman–Crippen LogP) is 3.38. The number of methoxy groups -OCH3 is 1. The number of aromatic nitrogens is 1. The van der Waals surface area contributed by atoms with E-state index in [-0.39, 0.29) is 0 Å². The standard InChI is InChI=1S/C21H29N3O2/c1-18-17-19(9-10-22-18)24-13-3-11-23(14-15-24)12-4-16-26-21-7-5-20(25-2)6-8-21/h5-10,17H,3-4,11-16H2,1-2H3. The van der Waals surface area contributed by atoms with Crippen molar-refractivity contribution in [1.82, 2.24) is 9.88 Å². The Morgan fingerprint density at radius 1 is 1.00 bits per heavy atom. The van der Waals surface area contributed by atoms with Crippen LogP contribution in [0.5, 0.6) is 11.5 Å². The zero-order valence-corrected chi connectivity index (χ0v) is 15.9. The number of aryl methyl sites for hydroxylation is 1. The molecule has 0 amide bonds. The van der Waals surface area contributed by atoms with Crippen LogP contribution in [0, 0.1) is 6.92 Å². The number of pyridine rings is 1. The number of hydrogen-bond acceptors (Lipinski definition) is 5. The third-order valence-electron chi connectivity index (χ3n) is 4.78. The van der Waals surface area contributed by atoms with Crippen LogP contribution in [0.25, 0.3) is 0 Å². The van der Waals surface area contributed by atoms with Crippen LogP contribution in [0.15, 0.2) is 42.6 Å². The molecule has 0 unspecified atom stereocenters. The van der Waals surface area contributed by atoms with E-state index in [1.807, 2.05) is 30.5 Å². The lowest BCUT2D eigenvalue weighted by molar-refractivity contribution is 0.244. The van der Waals surface area contributed by atoms with Crippen molar-refractivity contribution in [2.24, 2.45) is 0 Å². The zero-order valence-electron chi connectivity index (χ0n) is 15.9. The summed E-state index contributed by atoms with van der Waals surface area (Å²) in [6.45, 7) is 8.32. The Hall–Kier alpha value is -2.27. The van der Waals surface area contributed by atoms with E-state index in [1.165, 1.54) is 12.1 Å². The Morgan fingerprint density at radius 3 is 2.58 bits per heavy atom. The van der Waals surface area contributed by atoms with E-state index in [9.17, 15) is 0 Å². The van der Waals surface area contributed by atoms with E-state index >= 15 is 0 Å². The topological polar surface area (TPSA) is 37.8 Å². The number of nitrogens with zero attached hydrogens (tertiary/aromatic N) is 3. The van der Waals surface area contributed by atoms with Gasteiger partial charge in [0, 0.05) is 43.8 Å². The zero-order chi connectivity index (χ0) is 18.2. The molecule has 26 heavy (non-hydrogen) atoms. The van der Waals surface area contributed by atoms with Gasteiger partial charge in [-0.05, 0) is 62.7 Å². The van der Waals surface area contributed by atoms with Gasteiger partial charge in [0.1, 0.15) is 11.5 Å². The lowest BCUT2D eigenvalue weighted by Crippen LogP contribution is -2.31. The van der Waals surface area contributed by atoms with Gasteiger partial charge in [0.05, 0.1) is 13.7 Å². The van der Waals surface area contributed by atoms with E-state index in [2.05, 4.69) is 33.8 Å². The highest BCUT2D eigenvalue weighted by Crippen LogP contribution is 2.18. The third-order valence-corrected chi connectivity index (χ3v) is 4.78. The third kappa shape index (κ3) is 5.36. The molecule has 1 saturated heterocycles. The molecule has 0 N–H and O–H groups in total. The number of benzene rings is 1. The lowest BCUT2D eigenvalue weighted by atomic mass is 10.3. The fourth-order valence-electron chi connectivity index (χ4n) is 3.33. The molecule has 1 aromatic carbocycles. The molecule has 0 aliphatic carbocycles. The molecule has 0 spiro atoms. The first-order valence-corrected chi connectivity index (χ1v) is 9.41. The molecule has 5 nitrogen and oxygen atoms in total. The van der Waals surface area contributed by atoms with Gasteiger partial charge in [0.2, 0.25) is 0 Å². The van der Waals surface area contributed by atoms with Crippen LogP contribution in [0.4, 0.5) is 5.69 Å².